The molecule has 1 atom stereocenters. The van der Waals surface area contributed by atoms with Crippen LogP contribution in [0.1, 0.15) is 12.8 Å². The number of anilines is 1. The van der Waals surface area contributed by atoms with Gasteiger partial charge in [-0.15, -0.1) is 12.4 Å². The molecule has 22 heavy (non-hydrogen) atoms. The van der Waals surface area contributed by atoms with Crippen LogP contribution in [0, 0.1) is 0 Å². The van der Waals surface area contributed by atoms with Crippen LogP contribution in [0.25, 0.3) is 10.8 Å². The average molecular weight is 319 g/mol. The van der Waals surface area contributed by atoms with Gasteiger partial charge in [-0.25, -0.2) is 0 Å². The van der Waals surface area contributed by atoms with Gasteiger partial charge in [0.05, 0.1) is 6.04 Å². The number of hydrogen-bond donors (Lipinski definition) is 2. The van der Waals surface area contributed by atoms with Crippen LogP contribution in [-0.2, 0) is 0 Å². The minimum absolute atomic E-state index is 0. The largest absolute Gasteiger partial charge is 0.380 e. The van der Waals surface area contributed by atoms with Gasteiger partial charge in [-0.1, -0.05) is 6.07 Å². The van der Waals surface area contributed by atoms with Gasteiger partial charge in [0.1, 0.15) is 0 Å². The predicted molar refractivity (Wildman–Crippen MR) is 93.9 cm³/mol. The first kappa shape index (κ1) is 15.5. The van der Waals surface area contributed by atoms with Crippen LogP contribution in [0.15, 0.2) is 36.7 Å². The van der Waals surface area contributed by atoms with Crippen molar-refractivity contribution in [3.8, 4) is 0 Å². The molecule has 0 radical (unpaired) electrons. The Morgan fingerprint density at radius 2 is 2.14 bits per heavy atom. The molecule has 0 saturated carbocycles. The van der Waals surface area contributed by atoms with E-state index in [1.807, 2.05) is 12.4 Å². The van der Waals surface area contributed by atoms with Gasteiger partial charge in [-0.2, -0.15) is 0 Å². The molecular formula is C17H23ClN4. The molecule has 4 nitrogen and oxygen atoms in total. The highest BCUT2D eigenvalue weighted by Gasteiger charge is 2.29. The van der Waals surface area contributed by atoms with Crippen molar-refractivity contribution in [2.75, 3.05) is 31.5 Å². The van der Waals surface area contributed by atoms with Crippen molar-refractivity contribution >= 4 is 28.9 Å². The Bertz CT molecular complexity index is 621. The summed E-state index contributed by atoms with van der Waals surface area (Å²) < 4.78 is 0. The molecule has 1 aromatic carbocycles. The number of nitrogens with one attached hydrogen (secondary N) is 2. The monoisotopic (exact) mass is 318 g/mol. The van der Waals surface area contributed by atoms with Crippen LogP contribution in [0.3, 0.4) is 0 Å². The van der Waals surface area contributed by atoms with Gasteiger partial charge in [0, 0.05) is 49.1 Å². The maximum atomic E-state index is 4.16. The van der Waals surface area contributed by atoms with Crippen molar-refractivity contribution < 1.29 is 0 Å². The Hall–Kier alpha value is -1.36. The number of halogens is 1. The smallest absolute Gasteiger partial charge is 0.0515 e. The Kier molecular flexibility index (Phi) is 4.81. The molecule has 2 saturated heterocycles. The lowest BCUT2D eigenvalue weighted by Crippen LogP contribution is -2.57. The van der Waals surface area contributed by atoms with Gasteiger partial charge in [-0.05, 0) is 43.0 Å². The molecule has 4 rings (SSSR count). The SMILES string of the molecule is Cl.c1cc2cc(NC3CN(C[C@H]4CCCN4)C3)ccc2cn1. The molecule has 2 N–H and O–H groups in total. The fourth-order valence-corrected chi connectivity index (χ4v) is 3.44. The fourth-order valence-electron chi connectivity index (χ4n) is 3.44. The van der Waals surface area contributed by atoms with Gasteiger partial charge >= 0.3 is 0 Å². The van der Waals surface area contributed by atoms with E-state index >= 15 is 0 Å². The zero-order valence-electron chi connectivity index (χ0n) is 12.7. The lowest BCUT2D eigenvalue weighted by molar-refractivity contribution is 0.148. The molecular weight excluding hydrogens is 296 g/mol. The van der Waals surface area contributed by atoms with Crippen LogP contribution in [0.5, 0.6) is 0 Å². The Morgan fingerprint density at radius 1 is 1.23 bits per heavy atom. The van der Waals surface area contributed by atoms with Gasteiger partial charge in [0.15, 0.2) is 0 Å². The molecule has 0 aliphatic carbocycles. The predicted octanol–water partition coefficient (Wildman–Crippen LogP) is 2.50. The Balaban J connectivity index is 0.00000144. The first-order chi connectivity index (χ1) is 10.4. The quantitative estimate of drug-likeness (QED) is 0.909. The number of nitrogens with zero attached hydrogens (tertiary/aromatic N) is 2. The van der Waals surface area contributed by atoms with E-state index in [0.29, 0.717) is 6.04 Å². The molecule has 2 aliphatic rings. The van der Waals surface area contributed by atoms with Crippen LogP contribution in [0.2, 0.25) is 0 Å². The van der Waals surface area contributed by atoms with Crippen LogP contribution in [0.4, 0.5) is 5.69 Å². The van der Waals surface area contributed by atoms with Gasteiger partial charge in [0.2, 0.25) is 0 Å². The summed E-state index contributed by atoms with van der Waals surface area (Å²) in [7, 11) is 0. The molecule has 1 aromatic heterocycles. The Morgan fingerprint density at radius 3 is 2.95 bits per heavy atom. The van der Waals surface area contributed by atoms with Gasteiger partial charge < -0.3 is 10.6 Å². The minimum Gasteiger partial charge on any atom is -0.380 e. The molecule has 2 aliphatic heterocycles. The van der Waals surface area contributed by atoms with E-state index in [1.54, 1.807) is 0 Å². The lowest BCUT2D eigenvalue weighted by Gasteiger charge is -2.41. The van der Waals surface area contributed by atoms with Crippen LogP contribution < -0.4 is 10.6 Å². The number of benzene rings is 1. The summed E-state index contributed by atoms with van der Waals surface area (Å²) in [5.41, 5.74) is 1.22. The van der Waals surface area contributed by atoms with Crippen molar-refractivity contribution in [3.05, 3.63) is 36.7 Å². The lowest BCUT2D eigenvalue weighted by atomic mass is 10.1. The number of hydrogen-bond acceptors (Lipinski definition) is 4. The third-order valence-corrected chi connectivity index (χ3v) is 4.61. The fraction of sp³-hybridized carbons (Fsp3) is 0.471. The molecule has 0 spiro atoms. The van der Waals surface area contributed by atoms with Crippen molar-refractivity contribution in [3.63, 3.8) is 0 Å². The molecule has 5 heteroatoms. The number of fused-ring (bicyclic) bond motifs is 1. The maximum Gasteiger partial charge on any atom is 0.0515 e. The summed E-state index contributed by atoms with van der Waals surface area (Å²) in [4.78, 5) is 6.70. The number of rotatable bonds is 4. The topological polar surface area (TPSA) is 40.2 Å². The van der Waals surface area contributed by atoms with Crippen molar-refractivity contribution in [2.24, 2.45) is 0 Å². The summed E-state index contributed by atoms with van der Waals surface area (Å²) in [5.74, 6) is 0. The Labute approximate surface area is 137 Å². The first-order valence-corrected chi connectivity index (χ1v) is 7.93. The molecule has 0 amide bonds. The van der Waals surface area contributed by atoms with Crippen molar-refractivity contribution in [1.29, 1.82) is 0 Å². The van der Waals surface area contributed by atoms with E-state index in [0.717, 1.165) is 19.1 Å². The van der Waals surface area contributed by atoms with Crippen LogP contribution in [-0.4, -0.2) is 48.1 Å². The molecule has 3 heterocycles. The van der Waals surface area contributed by atoms with E-state index in [1.165, 1.54) is 42.4 Å². The normalized spacial score (nSPS) is 22.3. The van der Waals surface area contributed by atoms with Crippen molar-refractivity contribution in [1.82, 2.24) is 15.2 Å². The van der Waals surface area contributed by atoms with Crippen LogP contribution >= 0.6 is 12.4 Å². The summed E-state index contributed by atoms with van der Waals surface area (Å²) in [6.07, 6.45) is 6.45. The summed E-state index contributed by atoms with van der Waals surface area (Å²) in [5, 5.41) is 9.67. The highest BCUT2D eigenvalue weighted by atomic mass is 35.5. The van der Waals surface area contributed by atoms with Gasteiger partial charge in [-0.3, -0.25) is 9.88 Å². The number of pyridine rings is 1. The number of likely N-dealkylation sites (tertiary alicyclic amines) is 1. The second-order valence-electron chi connectivity index (χ2n) is 6.29. The first-order valence-electron chi connectivity index (χ1n) is 7.93. The maximum absolute atomic E-state index is 4.16. The summed E-state index contributed by atoms with van der Waals surface area (Å²) in [6, 6.07) is 9.90. The van der Waals surface area contributed by atoms with E-state index < -0.39 is 0 Å². The van der Waals surface area contributed by atoms with Gasteiger partial charge in [0.25, 0.3) is 0 Å². The summed E-state index contributed by atoms with van der Waals surface area (Å²) in [6.45, 7) is 4.73. The average Bonchev–Trinajstić information content (AvgIpc) is 2.98. The molecule has 0 bridgehead atoms. The zero-order valence-corrected chi connectivity index (χ0v) is 13.5. The zero-order chi connectivity index (χ0) is 14.1. The second-order valence-corrected chi connectivity index (χ2v) is 6.29. The van der Waals surface area contributed by atoms with E-state index in [-0.39, 0.29) is 12.4 Å². The van der Waals surface area contributed by atoms with Crippen molar-refractivity contribution in [2.45, 2.75) is 24.9 Å². The highest BCUT2D eigenvalue weighted by Crippen LogP contribution is 2.21. The standard InChI is InChI=1S/C17H22N4.ClH/c1-2-16(19-6-1)10-21-11-17(12-21)20-15-4-3-14-9-18-7-5-13(14)8-15;/h3-5,7-9,16-17,19-20H,1-2,6,10-12H2;1H/t16-;/m1./s1. The molecule has 2 aromatic rings. The highest BCUT2D eigenvalue weighted by molar-refractivity contribution is 5.85. The molecule has 0 unspecified atom stereocenters. The second kappa shape index (κ2) is 6.82. The number of aromatic nitrogens is 1. The third-order valence-electron chi connectivity index (χ3n) is 4.61. The summed E-state index contributed by atoms with van der Waals surface area (Å²) >= 11 is 0. The molecule has 118 valence electrons. The van der Waals surface area contributed by atoms with E-state index in [4.69, 9.17) is 0 Å². The van der Waals surface area contributed by atoms with E-state index in [2.05, 4.69) is 44.8 Å². The third kappa shape index (κ3) is 3.35. The van der Waals surface area contributed by atoms with E-state index in [9.17, 15) is 0 Å². The minimum atomic E-state index is 0. The molecule has 2 fully saturated rings.